The number of carbonyl (C=O) groups excluding carboxylic acids is 1. The van der Waals surface area contributed by atoms with Gasteiger partial charge in [0, 0.05) is 11.8 Å². The van der Waals surface area contributed by atoms with Crippen molar-refractivity contribution < 1.29 is 13.6 Å². The Morgan fingerprint density at radius 1 is 1.19 bits per heavy atom. The van der Waals surface area contributed by atoms with E-state index in [2.05, 4.69) is 27.8 Å². The zero-order valence-corrected chi connectivity index (χ0v) is 18.4. The molecule has 3 heterocycles. The van der Waals surface area contributed by atoms with E-state index in [0.29, 0.717) is 11.3 Å². The number of likely N-dealkylation sites (N-methyl/N-ethyl adjacent to an activating group) is 2. The Labute approximate surface area is 188 Å². The number of carbonyl (C=O) groups is 1. The van der Waals surface area contributed by atoms with E-state index < -0.39 is 5.63 Å². The maximum Gasteiger partial charge on any atom is 0.347 e. The van der Waals surface area contributed by atoms with Crippen molar-refractivity contribution in [3.63, 3.8) is 0 Å². The zero-order chi connectivity index (χ0) is 22.3. The van der Waals surface area contributed by atoms with Gasteiger partial charge in [-0.1, -0.05) is 30.4 Å². The lowest BCUT2D eigenvalue weighted by Gasteiger charge is -2.33. The van der Waals surface area contributed by atoms with Crippen LogP contribution in [0.1, 0.15) is 6.42 Å². The third kappa shape index (κ3) is 3.48. The van der Waals surface area contributed by atoms with Crippen molar-refractivity contribution in [3.05, 3.63) is 70.7 Å². The van der Waals surface area contributed by atoms with Crippen molar-refractivity contribution in [1.29, 1.82) is 0 Å². The van der Waals surface area contributed by atoms with E-state index in [-0.39, 0.29) is 34.3 Å². The number of amides is 1. The van der Waals surface area contributed by atoms with Gasteiger partial charge in [-0.05, 0) is 37.9 Å². The lowest BCUT2D eigenvalue weighted by Crippen LogP contribution is -2.52. The fourth-order valence-corrected chi connectivity index (χ4v) is 5.11. The van der Waals surface area contributed by atoms with Crippen LogP contribution in [0.5, 0.6) is 0 Å². The predicted molar refractivity (Wildman–Crippen MR) is 124 cm³/mol. The van der Waals surface area contributed by atoms with Crippen molar-refractivity contribution in [2.45, 2.75) is 17.5 Å². The minimum Gasteiger partial charge on any atom is -0.423 e. The average molecular weight is 451 g/mol. The quantitative estimate of drug-likeness (QED) is 0.452. The van der Waals surface area contributed by atoms with Gasteiger partial charge in [-0.2, -0.15) is 0 Å². The van der Waals surface area contributed by atoms with Crippen LogP contribution in [-0.4, -0.2) is 41.8 Å². The van der Waals surface area contributed by atoms with Gasteiger partial charge in [0.2, 0.25) is 5.91 Å². The summed E-state index contributed by atoms with van der Waals surface area (Å²) in [6.07, 6.45) is 8.38. The molecule has 1 unspecified atom stereocenters. The molecule has 0 radical (unpaired) electrons. The van der Waals surface area contributed by atoms with Crippen LogP contribution in [0.15, 0.2) is 74.0 Å². The second-order valence-corrected chi connectivity index (χ2v) is 8.70. The Hall–Kier alpha value is -3.14. The van der Waals surface area contributed by atoms with E-state index in [4.69, 9.17) is 8.83 Å². The summed E-state index contributed by atoms with van der Waals surface area (Å²) in [6, 6.07) is 9.14. The molecule has 164 valence electrons. The van der Waals surface area contributed by atoms with Gasteiger partial charge < -0.3 is 8.83 Å². The fourth-order valence-electron chi connectivity index (χ4n) is 3.94. The molecule has 0 spiro atoms. The van der Waals surface area contributed by atoms with Gasteiger partial charge in [0.05, 0.1) is 17.6 Å². The van der Waals surface area contributed by atoms with Crippen LogP contribution in [0.25, 0.3) is 22.3 Å². The van der Waals surface area contributed by atoms with Crippen LogP contribution in [0.4, 0.5) is 6.01 Å². The van der Waals surface area contributed by atoms with Crippen LogP contribution in [0.2, 0.25) is 0 Å². The SMILES string of the molecule is CNC1(NC)C=CC(C2SCC(=O)N2c2ncc(-c3cc4ccccc4oc3=O)o2)=CC1. The van der Waals surface area contributed by atoms with Crippen molar-refractivity contribution in [1.82, 2.24) is 15.6 Å². The number of nitrogens with zero attached hydrogens (tertiary/aromatic N) is 2. The molecule has 5 rings (SSSR count). The standard InChI is InChI=1S/C23H22N4O4S/c1-24-23(25-2)9-7-14(8-10-23)20-27(19(28)13-32-20)22-26-12-18(31-22)16-11-15-5-3-4-6-17(15)30-21(16)29/h3-9,11-12,20,24-25H,10,13H2,1-2H3. The molecule has 1 saturated heterocycles. The predicted octanol–water partition coefficient (Wildman–Crippen LogP) is 2.88. The van der Waals surface area contributed by atoms with Crippen molar-refractivity contribution in [3.8, 4) is 11.3 Å². The largest absolute Gasteiger partial charge is 0.423 e. The van der Waals surface area contributed by atoms with E-state index in [1.807, 2.05) is 32.3 Å². The molecular formula is C23H22N4O4S. The topological polar surface area (TPSA) is 101 Å². The van der Waals surface area contributed by atoms with Gasteiger partial charge in [-0.25, -0.2) is 14.7 Å². The molecule has 0 saturated carbocycles. The van der Waals surface area contributed by atoms with Crippen molar-refractivity contribution >= 4 is 34.7 Å². The summed E-state index contributed by atoms with van der Waals surface area (Å²) in [5, 5.41) is 7.07. The Balaban J connectivity index is 1.46. The Morgan fingerprint density at radius 3 is 2.75 bits per heavy atom. The summed E-state index contributed by atoms with van der Waals surface area (Å²) >= 11 is 1.52. The molecule has 1 aliphatic carbocycles. The Bertz CT molecular complexity index is 1300. The number of anilines is 1. The number of thioether (sulfide) groups is 1. The van der Waals surface area contributed by atoms with E-state index >= 15 is 0 Å². The summed E-state index contributed by atoms with van der Waals surface area (Å²) in [5.74, 6) is 0.502. The average Bonchev–Trinajstić information content (AvgIpc) is 3.45. The Morgan fingerprint density at radius 2 is 2.00 bits per heavy atom. The first-order valence-corrected chi connectivity index (χ1v) is 11.3. The van der Waals surface area contributed by atoms with Crippen LogP contribution in [0.3, 0.4) is 0 Å². The molecule has 1 aliphatic heterocycles. The second kappa shape index (κ2) is 8.09. The third-order valence-corrected chi connectivity index (χ3v) is 7.08. The molecule has 9 heteroatoms. The minimum absolute atomic E-state index is 0.0904. The molecule has 2 aromatic heterocycles. The lowest BCUT2D eigenvalue weighted by molar-refractivity contribution is -0.115. The van der Waals surface area contributed by atoms with Crippen LogP contribution in [-0.2, 0) is 4.79 Å². The van der Waals surface area contributed by atoms with Gasteiger partial charge in [-0.15, -0.1) is 11.8 Å². The summed E-state index contributed by atoms with van der Waals surface area (Å²) in [5.41, 5.74) is 0.956. The van der Waals surface area contributed by atoms with Crippen LogP contribution in [0, 0.1) is 0 Å². The molecule has 3 aromatic rings. The first-order valence-electron chi connectivity index (χ1n) is 10.2. The number of para-hydroxylation sites is 1. The molecule has 32 heavy (non-hydrogen) atoms. The minimum atomic E-state index is -0.515. The van der Waals surface area contributed by atoms with E-state index in [1.165, 1.54) is 18.0 Å². The molecule has 1 fully saturated rings. The first-order chi connectivity index (χ1) is 15.5. The van der Waals surface area contributed by atoms with Crippen LogP contribution < -0.4 is 21.2 Å². The first kappa shape index (κ1) is 20.7. The number of nitrogens with one attached hydrogen (secondary N) is 2. The highest BCUT2D eigenvalue weighted by Gasteiger charge is 2.39. The summed E-state index contributed by atoms with van der Waals surface area (Å²) in [4.78, 5) is 31.1. The van der Waals surface area contributed by atoms with E-state index in [1.54, 1.807) is 23.1 Å². The monoisotopic (exact) mass is 450 g/mol. The molecular weight excluding hydrogens is 428 g/mol. The summed E-state index contributed by atoms with van der Waals surface area (Å²) in [6.45, 7) is 0. The maximum absolute atomic E-state index is 12.7. The normalized spacial score (nSPS) is 20.2. The zero-order valence-electron chi connectivity index (χ0n) is 17.6. The highest BCUT2D eigenvalue weighted by atomic mass is 32.2. The molecule has 8 nitrogen and oxygen atoms in total. The van der Waals surface area contributed by atoms with Gasteiger partial charge in [0.25, 0.3) is 0 Å². The molecule has 1 aromatic carbocycles. The third-order valence-electron chi connectivity index (χ3n) is 5.87. The number of hydrogen-bond acceptors (Lipinski definition) is 8. The number of oxazole rings is 1. The molecule has 1 amide bonds. The summed E-state index contributed by atoms with van der Waals surface area (Å²) < 4.78 is 11.3. The van der Waals surface area contributed by atoms with E-state index in [9.17, 15) is 9.59 Å². The number of aromatic nitrogens is 1. The number of hydrogen-bond donors (Lipinski definition) is 2. The van der Waals surface area contributed by atoms with Gasteiger partial charge in [-0.3, -0.25) is 15.4 Å². The lowest BCUT2D eigenvalue weighted by atomic mass is 9.96. The van der Waals surface area contributed by atoms with Crippen molar-refractivity contribution in [2.75, 3.05) is 24.7 Å². The number of benzene rings is 1. The van der Waals surface area contributed by atoms with E-state index in [0.717, 1.165) is 17.4 Å². The Kier molecular flexibility index (Phi) is 5.24. The molecule has 2 N–H and O–H groups in total. The molecule has 1 atom stereocenters. The van der Waals surface area contributed by atoms with Gasteiger partial charge >= 0.3 is 11.6 Å². The van der Waals surface area contributed by atoms with Gasteiger partial charge in [0.15, 0.2) is 5.76 Å². The molecule has 0 bridgehead atoms. The van der Waals surface area contributed by atoms with Crippen molar-refractivity contribution in [2.24, 2.45) is 0 Å². The molecule has 2 aliphatic rings. The fraction of sp³-hybridized carbons (Fsp3) is 0.261. The second-order valence-electron chi connectivity index (χ2n) is 7.63. The highest BCUT2D eigenvalue weighted by Crippen LogP contribution is 2.38. The highest BCUT2D eigenvalue weighted by molar-refractivity contribution is 8.01. The smallest absolute Gasteiger partial charge is 0.347 e. The summed E-state index contributed by atoms with van der Waals surface area (Å²) in [7, 11) is 3.80. The maximum atomic E-state index is 12.7. The van der Waals surface area contributed by atoms with Gasteiger partial charge in [0.1, 0.15) is 16.5 Å². The van der Waals surface area contributed by atoms with Crippen LogP contribution >= 0.6 is 11.8 Å². The number of fused-ring (bicyclic) bond motifs is 1. The number of rotatable bonds is 5.